The highest BCUT2D eigenvalue weighted by molar-refractivity contribution is 5.97. The van der Waals surface area contributed by atoms with Crippen molar-refractivity contribution in [3.05, 3.63) is 34.9 Å². The molecular formula is C16H24O. The van der Waals surface area contributed by atoms with Crippen molar-refractivity contribution >= 4 is 5.78 Å². The number of hydrogen-bond acceptors (Lipinski definition) is 1. The predicted octanol–water partition coefficient (Wildman–Crippen LogP) is 4.67. The summed E-state index contributed by atoms with van der Waals surface area (Å²) in [5, 5.41) is 0. The molecule has 0 aliphatic heterocycles. The molecule has 0 aliphatic carbocycles. The molecule has 0 radical (unpaired) electrons. The smallest absolute Gasteiger partial charge is 0.163 e. The molecule has 0 saturated carbocycles. The van der Waals surface area contributed by atoms with Crippen molar-refractivity contribution in [2.75, 3.05) is 0 Å². The molecule has 1 aromatic carbocycles. The molecule has 0 atom stereocenters. The predicted molar refractivity (Wildman–Crippen MR) is 73.7 cm³/mol. The van der Waals surface area contributed by atoms with Crippen LogP contribution in [0.2, 0.25) is 0 Å². The Morgan fingerprint density at radius 2 is 1.88 bits per heavy atom. The van der Waals surface area contributed by atoms with Crippen molar-refractivity contribution in [1.29, 1.82) is 0 Å². The molecule has 0 unspecified atom stereocenters. The lowest BCUT2D eigenvalue weighted by atomic mass is 9.84. The first kappa shape index (κ1) is 14.0. The lowest BCUT2D eigenvalue weighted by molar-refractivity contribution is 0.0979. The fourth-order valence-electron chi connectivity index (χ4n) is 1.86. The van der Waals surface area contributed by atoms with Crippen molar-refractivity contribution < 1.29 is 4.79 Å². The van der Waals surface area contributed by atoms with Gasteiger partial charge in [0.05, 0.1) is 0 Å². The van der Waals surface area contributed by atoms with Crippen molar-refractivity contribution in [3.63, 3.8) is 0 Å². The van der Waals surface area contributed by atoms with Gasteiger partial charge in [0.25, 0.3) is 0 Å². The second-order valence-corrected chi connectivity index (χ2v) is 5.81. The number of unbranched alkanes of at least 4 members (excludes halogenated alkanes) is 1. The number of ketones is 1. The van der Waals surface area contributed by atoms with Crippen molar-refractivity contribution in [3.8, 4) is 0 Å². The Bertz CT molecular complexity index is 396. The van der Waals surface area contributed by atoms with E-state index in [1.165, 1.54) is 5.56 Å². The van der Waals surface area contributed by atoms with Gasteiger partial charge in [0.1, 0.15) is 0 Å². The first-order valence-electron chi connectivity index (χ1n) is 6.50. The van der Waals surface area contributed by atoms with Crippen molar-refractivity contribution in [2.24, 2.45) is 0 Å². The first-order valence-corrected chi connectivity index (χ1v) is 6.50. The average molecular weight is 232 g/mol. The summed E-state index contributed by atoms with van der Waals surface area (Å²) in [5.74, 6) is 0.287. The summed E-state index contributed by atoms with van der Waals surface area (Å²) in [6.07, 6.45) is 2.73. The lowest BCUT2D eigenvalue weighted by Gasteiger charge is -2.20. The van der Waals surface area contributed by atoms with E-state index in [2.05, 4.69) is 45.9 Å². The van der Waals surface area contributed by atoms with Crippen LogP contribution in [-0.2, 0) is 5.41 Å². The Morgan fingerprint density at radius 1 is 1.24 bits per heavy atom. The highest BCUT2D eigenvalue weighted by Gasteiger charge is 2.17. The minimum atomic E-state index is 0.105. The van der Waals surface area contributed by atoms with Crippen LogP contribution >= 0.6 is 0 Å². The summed E-state index contributed by atoms with van der Waals surface area (Å²) >= 11 is 0. The number of aryl methyl sites for hydroxylation is 1. The van der Waals surface area contributed by atoms with E-state index in [0.29, 0.717) is 6.42 Å². The van der Waals surface area contributed by atoms with E-state index in [0.717, 1.165) is 24.0 Å². The van der Waals surface area contributed by atoms with Crippen LogP contribution in [0.4, 0.5) is 0 Å². The summed E-state index contributed by atoms with van der Waals surface area (Å²) in [5.41, 5.74) is 3.35. The maximum Gasteiger partial charge on any atom is 0.163 e. The van der Waals surface area contributed by atoms with Gasteiger partial charge in [-0.3, -0.25) is 4.79 Å². The second kappa shape index (κ2) is 5.48. The van der Waals surface area contributed by atoms with Gasteiger partial charge in [0.2, 0.25) is 0 Å². The number of carbonyl (C=O) groups is 1. The van der Waals surface area contributed by atoms with Gasteiger partial charge in [-0.1, -0.05) is 46.2 Å². The third-order valence-corrected chi connectivity index (χ3v) is 3.16. The number of hydrogen-bond donors (Lipinski definition) is 0. The number of benzene rings is 1. The first-order chi connectivity index (χ1) is 7.86. The van der Waals surface area contributed by atoms with Crippen LogP contribution in [0.5, 0.6) is 0 Å². The Hall–Kier alpha value is -1.11. The number of carbonyl (C=O) groups excluding carboxylic acids is 1. The molecule has 0 spiro atoms. The molecule has 1 heteroatoms. The van der Waals surface area contributed by atoms with Crippen LogP contribution in [0.3, 0.4) is 0 Å². The minimum Gasteiger partial charge on any atom is -0.294 e. The van der Waals surface area contributed by atoms with Crippen LogP contribution in [0.15, 0.2) is 18.2 Å². The summed E-state index contributed by atoms with van der Waals surface area (Å²) in [6, 6.07) is 6.28. The highest BCUT2D eigenvalue weighted by atomic mass is 16.1. The molecule has 0 heterocycles. The third kappa shape index (κ3) is 3.69. The normalized spacial score (nSPS) is 11.6. The van der Waals surface area contributed by atoms with Gasteiger partial charge in [0.15, 0.2) is 5.78 Å². The van der Waals surface area contributed by atoms with Crippen molar-refractivity contribution in [1.82, 2.24) is 0 Å². The molecule has 0 saturated heterocycles. The SMILES string of the molecule is CCCCC(=O)c1cc(C(C)(C)C)ccc1C. The zero-order valence-corrected chi connectivity index (χ0v) is 11.8. The number of rotatable bonds is 4. The Morgan fingerprint density at radius 3 is 2.41 bits per heavy atom. The van der Waals surface area contributed by atoms with E-state index in [4.69, 9.17) is 0 Å². The molecule has 0 aromatic heterocycles. The zero-order valence-electron chi connectivity index (χ0n) is 11.8. The molecule has 1 rings (SSSR count). The summed E-state index contributed by atoms with van der Waals surface area (Å²) < 4.78 is 0. The molecule has 0 fully saturated rings. The molecule has 17 heavy (non-hydrogen) atoms. The molecule has 0 bridgehead atoms. The van der Waals surface area contributed by atoms with Gasteiger partial charge in [-0.25, -0.2) is 0 Å². The third-order valence-electron chi connectivity index (χ3n) is 3.16. The van der Waals surface area contributed by atoms with Gasteiger partial charge in [-0.15, -0.1) is 0 Å². The van der Waals surface area contributed by atoms with Gasteiger partial charge < -0.3 is 0 Å². The molecule has 1 aromatic rings. The van der Waals surface area contributed by atoms with E-state index < -0.39 is 0 Å². The van der Waals surface area contributed by atoms with Crippen LogP contribution in [0.25, 0.3) is 0 Å². The molecular weight excluding hydrogens is 208 g/mol. The van der Waals surface area contributed by atoms with Crippen LogP contribution in [0, 0.1) is 6.92 Å². The maximum atomic E-state index is 12.1. The topological polar surface area (TPSA) is 17.1 Å². The van der Waals surface area contributed by atoms with E-state index in [-0.39, 0.29) is 11.2 Å². The van der Waals surface area contributed by atoms with E-state index in [9.17, 15) is 4.79 Å². The summed E-state index contributed by atoms with van der Waals surface area (Å²) in [7, 11) is 0. The molecule has 94 valence electrons. The van der Waals surface area contributed by atoms with E-state index >= 15 is 0 Å². The van der Waals surface area contributed by atoms with E-state index in [1.54, 1.807) is 0 Å². The summed E-state index contributed by atoms with van der Waals surface area (Å²) in [4.78, 5) is 12.1. The Balaban J connectivity index is 3.02. The molecule has 0 aliphatic rings. The molecule has 0 N–H and O–H groups in total. The molecule has 0 amide bonds. The number of Topliss-reactive ketones (excluding diaryl/α,β-unsaturated/α-hetero) is 1. The monoisotopic (exact) mass is 232 g/mol. The quantitative estimate of drug-likeness (QED) is 0.690. The van der Waals surface area contributed by atoms with Gasteiger partial charge >= 0.3 is 0 Å². The van der Waals surface area contributed by atoms with Gasteiger partial charge in [0, 0.05) is 12.0 Å². The fraction of sp³-hybridized carbons (Fsp3) is 0.562. The zero-order chi connectivity index (χ0) is 13.1. The Kier molecular flexibility index (Phi) is 4.50. The maximum absolute atomic E-state index is 12.1. The lowest BCUT2D eigenvalue weighted by Crippen LogP contribution is -2.13. The van der Waals surface area contributed by atoms with Crippen LogP contribution < -0.4 is 0 Å². The largest absolute Gasteiger partial charge is 0.294 e. The highest BCUT2D eigenvalue weighted by Crippen LogP contribution is 2.25. The standard InChI is InChI=1S/C16H24O/c1-6-7-8-15(17)14-11-13(16(3,4)5)10-9-12(14)2/h9-11H,6-8H2,1-5H3. The minimum absolute atomic E-state index is 0.105. The second-order valence-electron chi connectivity index (χ2n) is 5.81. The summed E-state index contributed by atoms with van der Waals surface area (Å²) in [6.45, 7) is 10.7. The van der Waals surface area contributed by atoms with Crippen LogP contribution in [-0.4, -0.2) is 5.78 Å². The van der Waals surface area contributed by atoms with Gasteiger partial charge in [-0.2, -0.15) is 0 Å². The van der Waals surface area contributed by atoms with Crippen molar-refractivity contribution in [2.45, 2.75) is 59.3 Å². The van der Waals surface area contributed by atoms with Crippen LogP contribution in [0.1, 0.15) is 68.4 Å². The Labute approximate surface area is 105 Å². The molecule has 1 nitrogen and oxygen atoms in total. The fourth-order valence-corrected chi connectivity index (χ4v) is 1.86. The average Bonchev–Trinajstić information content (AvgIpc) is 2.24. The van der Waals surface area contributed by atoms with Gasteiger partial charge in [-0.05, 0) is 36.0 Å². The van der Waals surface area contributed by atoms with E-state index in [1.807, 2.05) is 6.92 Å².